The van der Waals surface area contributed by atoms with E-state index in [2.05, 4.69) is 10.6 Å². The summed E-state index contributed by atoms with van der Waals surface area (Å²) in [4.78, 5) is 27.3. The zero-order valence-electron chi connectivity index (χ0n) is 20.8. The van der Waals surface area contributed by atoms with Crippen LogP contribution in [0.5, 0.6) is 11.5 Å². The first kappa shape index (κ1) is 25.2. The summed E-state index contributed by atoms with van der Waals surface area (Å²) in [6.07, 6.45) is 0.826. The number of benzene rings is 3. The zero-order chi connectivity index (χ0) is 27.0. The third-order valence-electron chi connectivity index (χ3n) is 7.06. The number of methoxy groups -OCH3 is 1. The Hall–Kier alpha value is -4.46. The van der Waals surface area contributed by atoms with Gasteiger partial charge in [0.25, 0.3) is 5.91 Å². The van der Waals surface area contributed by atoms with Crippen molar-refractivity contribution >= 4 is 17.4 Å². The predicted octanol–water partition coefficient (Wildman–Crippen LogP) is 5.68. The van der Waals surface area contributed by atoms with Crippen molar-refractivity contribution in [1.82, 2.24) is 5.32 Å². The third-order valence-corrected chi connectivity index (χ3v) is 7.06. The molecule has 0 unspecified atom stereocenters. The molecule has 194 valence electrons. The molecule has 0 radical (unpaired) electrons. The van der Waals surface area contributed by atoms with Crippen molar-refractivity contribution < 1.29 is 28.2 Å². The Balaban J connectivity index is 1.59. The minimum Gasteiger partial charge on any atom is -0.504 e. The van der Waals surface area contributed by atoms with Crippen molar-refractivity contribution in [3.05, 3.63) is 112 Å². The number of nitrogens with one attached hydrogen (secondary N) is 2. The summed E-state index contributed by atoms with van der Waals surface area (Å²) in [5.41, 5.74) is 3.30. The van der Waals surface area contributed by atoms with Crippen LogP contribution in [0.15, 0.2) is 89.3 Å². The van der Waals surface area contributed by atoms with Gasteiger partial charge in [-0.15, -0.1) is 0 Å². The Morgan fingerprint density at radius 1 is 1.03 bits per heavy atom. The van der Waals surface area contributed by atoms with Crippen LogP contribution in [0, 0.1) is 11.6 Å². The molecule has 3 aromatic rings. The summed E-state index contributed by atoms with van der Waals surface area (Å²) in [6, 6.07) is 17.3. The molecule has 1 heterocycles. The van der Waals surface area contributed by atoms with Crippen molar-refractivity contribution in [3.63, 3.8) is 0 Å². The molecule has 0 fully saturated rings. The fourth-order valence-electron chi connectivity index (χ4n) is 5.29. The van der Waals surface area contributed by atoms with Crippen LogP contribution >= 0.6 is 0 Å². The molecule has 6 nitrogen and oxygen atoms in total. The number of amides is 1. The van der Waals surface area contributed by atoms with E-state index in [1.807, 2.05) is 30.3 Å². The first-order valence-electron chi connectivity index (χ1n) is 12.2. The van der Waals surface area contributed by atoms with E-state index in [9.17, 15) is 23.5 Å². The Labute approximate surface area is 218 Å². The average molecular weight is 517 g/mol. The molecule has 0 bridgehead atoms. The number of hydrogen-bond acceptors (Lipinski definition) is 5. The van der Waals surface area contributed by atoms with E-state index < -0.39 is 23.5 Å². The molecule has 38 heavy (non-hydrogen) atoms. The second kappa shape index (κ2) is 10.1. The minimum atomic E-state index is -0.914. The van der Waals surface area contributed by atoms with Crippen molar-refractivity contribution in [3.8, 4) is 11.5 Å². The lowest BCUT2D eigenvalue weighted by Crippen LogP contribution is -2.37. The molecule has 3 N–H and O–H groups in total. The quantitative estimate of drug-likeness (QED) is 0.406. The van der Waals surface area contributed by atoms with Gasteiger partial charge in [-0.1, -0.05) is 36.4 Å². The number of hydrogen-bond donors (Lipinski definition) is 3. The molecule has 1 amide bonds. The molecule has 8 heteroatoms. The lowest BCUT2D eigenvalue weighted by Gasteiger charge is -2.37. The van der Waals surface area contributed by atoms with Gasteiger partial charge in [-0.05, 0) is 54.7 Å². The first-order valence-corrected chi connectivity index (χ1v) is 12.2. The van der Waals surface area contributed by atoms with Crippen molar-refractivity contribution in [2.45, 2.75) is 31.6 Å². The number of ketones is 1. The normalized spacial score (nSPS) is 19.1. The van der Waals surface area contributed by atoms with Gasteiger partial charge in [-0.25, -0.2) is 8.78 Å². The summed E-state index contributed by atoms with van der Waals surface area (Å²) in [7, 11) is 1.41. The van der Waals surface area contributed by atoms with Crippen molar-refractivity contribution in [2.24, 2.45) is 0 Å². The van der Waals surface area contributed by atoms with Crippen LogP contribution in [0.4, 0.5) is 14.5 Å². The molecule has 5 rings (SSSR count). The lowest BCUT2D eigenvalue weighted by molar-refractivity contribution is -0.116. The smallest absolute Gasteiger partial charge is 0.254 e. The van der Waals surface area contributed by atoms with Gasteiger partial charge in [0, 0.05) is 40.9 Å². The van der Waals surface area contributed by atoms with Gasteiger partial charge in [0.15, 0.2) is 17.3 Å². The monoisotopic (exact) mass is 516 g/mol. The largest absolute Gasteiger partial charge is 0.504 e. The maximum Gasteiger partial charge on any atom is 0.254 e. The SMILES string of the molecule is COc1cc([C@H]2C(C(=O)Nc3ccc(F)cc3F)=C(C)NC3=C2C(=O)C[C@H](c2ccccc2)C3)ccc1O. The van der Waals surface area contributed by atoms with Gasteiger partial charge in [-0.2, -0.15) is 0 Å². The fraction of sp³-hybridized carbons (Fsp3) is 0.200. The summed E-state index contributed by atoms with van der Waals surface area (Å²) in [5.74, 6) is -3.15. The number of carbonyl (C=O) groups excluding carboxylic acids is 2. The summed E-state index contributed by atoms with van der Waals surface area (Å²) < 4.78 is 33.1. The summed E-state index contributed by atoms with van der Waals surface area (Å²) in [6.45, 7) is 1.72. The zero-order valence-corrected chi connectivity index (χ0v) is 20.8. The van der Waals surface area contributed by atoms with Crippen LogP contribution in [0.3, 0.4) is 0 Å². The second-order valence-electron chi connectivity index (χ2n) is 9.44. The number of rotatable bonds is 5. The molecule has 3 aromatic carbocycles. The van der Waals surface area contributed by atoms with Gasteiger partial charge in [0.05, 0.1) is 12.8 Å². The van der Waals surface area contributed by atoms with Gasteiger partial charge < -0.3 is 20.5 Å². The van der Waals surface area contributed by atoms with Crippen LogP contribution in [-0.4, -0.2) is 23.9 Å². The van der Waals surface area contributed by atoms with Gasteiger partial charge in [0.2, 0.25) is 0 Å². The van der Waals surface area contributed by atoms with E-state index in [0.29, 0.717) is 35.0 Å². The lowest BCUT2D eigenvalue weighted by atomic mass is 9.71. The topological polar surface area (TPSA) is 87.7 Å². The van der Waals surface area contributed by atoms with Crippen LogP contribution in [-0.2, 0) is 9.59 Å². The number of phenols is 1. The molecule has 0 saturated heterocycles. The van der Waals surface area contributed by atoms with Crippen LogP contribution in [0.25, 0.3) is 0 Å². The Morgan fingerprint density at radius 3 is 2.50 bits per heavy atom. The predicted molar refractivity (Wildman–Crippen MR) is 139 cm³/mol. The highest BCUT2D eigenvalue weighted by atomic mass is 19.1. The number of carbonyl (C=O) groups is 2. The number of ether oxygens (including phenoxy) is 1. The van der Waals surface area contributed by atoms with Crippen LogP contribution < -0.4 is 15.4 Å². The summed E-state index contributed by atoms with van der Waals surface area (Å²) in [5, 5.41) is 16.0. The third kappa shape index (κ3) is 4.65. The highest BCUT2D eigenvalue weighted by Gasteiger charge is 2.41. The van der Waals surface area contributed by atoms with E-state index in [1.165, 1.54) is 13.2 Å². The van der Waals surface area contributed by atoms with Crippen LogP contribution in [0.2, 0.25) is 0 Å². The maximum absolute atomic E-state index is 14.4. The van der Waals surface area contributed by atoms with Crippen LogP contribution in [0.1, 0.15) is 42.7 Å². The van der Waals surface area contributed by atoms with Gasteiger partial charge in [0.1, 0.15) is 11.6 Å². The average Bonchev–Trinajstić information content (AvgIpc) is 2.90. The molecule has 2 aliphatic rings. The Morgan fingerprint density at radius 2 is 1.79 bits per heavy atom. The molecule has 0 spiro atoms. The molecule has 0 saturated carbocycles. The molecule has 1 aliphatic carbocycles. The maximum atomic E-state index is 14.4. The summed E-state index contributed by atoms with van der Waals surface area (Å²) >= 11 is 0. The Bertz CT molecular complexity index is 1500. The van der Waals surface area contributed by atoms with E-state index >= 15 is 0 Å². The highest BCUT2D eigenvalue weighted by molar-refractivity contribution is 6.10. The minimum absolute atomic E-state index is 0.0264. The van der Waals surface area contributed by atoms with Crippen molar-refractivity contribution in [1.29, 1.82) is 0 Å². The van der Waals surface area contributed by atoms with E-state index in [4.69, 9.17) is 4.74 Å². The number of allylic oxidation sites excluding steroid dienone is 3. The van der Waals surface area contributed by atoms with Gasteiger partial charge in [-0.3, -0.25) is 9.59 Å². The number of halogens is 2. The molecule has 2 atom stereocenters. The Kier molecular flexibility index (Phi) is 6.72. The molecular formula is C30H26F2N2O4. The first-order chi connectivity index (χ1) is 18.3. The number of anilines is 1. The van der Waals surface area contributed by atoms with E-state index in [0.717, 1.165) is 17.7 Å². The molecule has 0 aromatic heterocycles. The van der Waals surface area contributed by atoms with Crippen molar-refractivity contribution in [2.75, 3.05) is 12.4 Å². The molecule has 1 aliphatic heterocycles. The van der Waals surface area contributed by atoms with E-state index in [-0.39, 0.29) is 40.9 Å². The number of dihydropyridines is 1. The molecular weight excluding hydrogens is 490 g/mol. The number of phenolic OH excluding ortho intramolecular Hbond substituents is 1. The number of Topliss-reactive ketones (excluding diaryl/α,β-unsaturated/α-hetero) is 1. The fourth-order valence-corrected chi connectivity index (χ4v) is 5.29. The van der Waals surface area contributed by atoms with E-state index in [1.54, 1.807) is 19.1 Å². The van der Waals surface area contributed by atoms with Gasteiger partial charge >= 0.3 is 0 Å². The number of aromatic hydroxyl groups is 1. The standard InChI is InChI=1S/C30H26F2N2O4/c1-16-27(30(37)34-22-10-9-20(31)15-21(22)32)28(18-8-11-24(35)26(14-18)38-2)29-23(33-16)12-19(13-25(29)36)17-6-4-3-5-7-17/h3-11,14-15,19,28,33,35H,12-13H2,1-2H3,(H,34,37)/t19-,28+/m1/s1. The highest BCUT2D eigenvalue weighted by Crippen LogP contribution is 2.46. The second-order valence-corrected chi connectivity index (χ2v) is 9.44.